The molecule has 9 rings (SSSR count). The van der Waals surface area contributed by atoms with Gasteiger partial charge in [-0.05, 0) is 68.7 Å². The number of fused-ring (bicyclic) bond motifs is 9. The molecule has 0 aliphatic rings. The minimum Gasteiger partial charge on any atom is -0.244 e. The molecule has 3 heteroatoms. The second kappa shape index (κ2) is 8.69. The van der Waals surface area contributed by atoms with Gasteiger partial charge in [-0.25, -0.2) is 9.97 Å². The molecule has 190 valence electrons. The van der Waals surface area contributed by atoms with Gasteiger partial charge in [0.25, 0.3) is 0 Å². The number of para-hydroxylation sites is 2. The zero-order valence-corrected chi connectivity index (χ0v) is 22.8. The van der Waals surface area contributed by atoms with Gasteiger partial charge in [-0.15, -0.1) is 11.3 Å². The van der Waals surface area contributed by atoms with Gasteiger partial charge in [-0.1, -0.05) is 97.1 Å². The first-order chi connectivity index (χ1) is 20.3. The van der Waals surface area contributed by atoms with Crippen molar-refractivity contribution < 1.29 is 0 Å². The molecule has 7 aromatic carbocycles. The van der Waals surface area contributed by atoms with Crippen LogP contribution in [-0.4, -0.2) is 9.97 Å². The van der Waals surface area contributed by atoms with E-state index in [0.29, 0.717) is 0 Å². The molecule has 0 saturated heterocycles. The summed E-state index contributed by atoms with van der Waals surface area (Å²) in [6.07, 6.45) is 0. The van der Waals surface area contributed by atoms with E-state index >= 15 is 0 Å². The zero-order valence-electron chi connectivity index (χ0n) is 22.0. The molecule has 0 spiro atoms. The lowest BCUT2D eigenvalue weighted by atomic mass is 9.93. The number of nitrogens with zero attached hydrogens (tertiary/aromatic N) is 2. The Balaban J connectivity index is 1.32. The van der Waals surface area contributed by atoms with Gasteiger partial charge in [0.15, 0.2) is 0 Å². The number of thiophene rings is 1. The van der Waals surface area contributed by atoms with E-state index in [1.165, 1.54) is 52.5 Å². The number of aromatic nitrogens is 2. The lowest BCUT2D eigenvalue weighted by Gasteiger charge is -2.13. The van der Waals surface area contributed by atoms with Crippen LogP contribution >= 0.6 is 11.3 Å². The fraction of sp³-hybridized carbons (Fsp3) is 0. The van der Waals surface area contributed by atoms with Crippen molar-refractivity contribution in [2.75, 3.05) is 0 Å². The summed E-state index contributed by atoms with van der Waals surface area (Å²) in [7, 11) is 0. The van der Waals surface area contributed by atoms with E-state index in [1.807, 2.05) is 41.7 Å². The van der Waals surface area contributed by atoms with E-state index in [2.05, 4.69) is 103 Å². The summed E-state index contributed by atoms with van der Waals surface area (Å²) < 4.78 is 2.67. The maximum atomic E-state index is 5.14. The molecular formula is C38H22N2S. The standard InChI is InChI=1S/C38H22N2S/c1-2-8-24(9-3-1)37-38(40-33-12-6-5-11-32(33)39-37)27-18-19-28-25(20-27)16-14-23-15-17-26-21-35-31(22-30(26)36(23)28)29-10-4-7-13-34(29)41-35/h1-22H. The first kappa shape index (κ1) is 22.7. The third-order valence-electron chi connectivity index (χ3n) is 8.20. The van der Waals surface area contributed by atoms with Crippen molar-refractivity contribution in [1.29, 1.82) is 0 Å². The minimum atomic E-state index is 0.902. The molecular weight excluding hydrogens is 516 g/mol. The van der Waals surface area contributed by atoms with Gasteiger partial charge in [-0.2, -0.15) is 0 Å². The molecule has 2 heterocycles. The van der Waals surface area contributed by atoms with E-state index in [4.69, 9.17) is 9.97 Å². The van der Waals surface area contributed by atoms with E-state index in [0.717, 1.165) is 33.5 Å². The van der Waals surface area contributed by atoms with Gasteiger partial charge >= 0.3 is 0 Å². The molecule has 0 aliphatic carbocycles. The largest absolute Gasteiger partial charge is 0.244 e. The van der Waals surface area contributed by atoms with Crippen molar-refractivity contribution in [2.45, 2.75) is 0 Å². The molecule has 0 saturated carbocycles. The second-order valence-electron chi connectivity index (χ2n) is 10.6. The highest BCUT2D eigenvalue weighted by molar-refractivity contribution is 7.25. The van der Waals surface area contributed by atoms with Crippen LogP contribution in [0.1, 0.15) is 0 Å². The lowest BCUT2D eigenvalue weighted by Crippen LogP contribution is -1.95. The first-order valence-corrected chi connectivity index (χ1v) is 14.6. The van der Waals surface area contributed by atoms with Crippen molar-refractivity contribution in [3.05, 3.63) is 133 Å². The molecule has 0 unspecified atom stereocenters. The molecule has 0 bridgehead atoms. The van der Waals surface area contributed by atoms with Crippen molar-refractivity contribution in [1.82, 2.24) is 9.97 Å². The van der Waals surface area contributed by atoms with Crippen LogP contribution in [0.5, 0.6) is 0 Å². The Labute approximate surface area is 240 Å². The highest BCUT2D eigenvalue weighted by Crippen LogP contribution is 2.41. The highest BCUT2D eigenvalue weighted by atomic mass is 32.1. The lowest BCUT2D eigenvalue weighted by molar-refractivity contribution is 1.29. The Bertz CT molecular complexity index is 2470. The fourth-order valence-corrected chi connectivity index (χ4v) is 7.39. The Morgan fingerprint density at radius 3 is 1.85 bits per heavy atom. The smallest absolute Gasteiger partial charge is 0.0973 e. The third-order valence-corrected chi connectivity index (χ3v) is 9.34. The average molecular weight is 539 g/mol. The van der Waals surface area contributed by atoms with Crippen LogP contribution < -0.4 is 0 Å². The maximum Gasteiger partial charge on any atom is 0.0973 e. The van der Waals surface area contributed by atoms with Crippen LogP contribution in [0, 0.1) is 0 Å². The Kier molecular flexibility index (Phi) is 4.80. The molecule has 0 fully saturated rings. The van der Waals surface area contributed by atoms with Gasteiger partial charge in [0.1, 0.15) is 0 Å². The second-order valence-corrected chi connectivity index (χ2v) is 11.7. The van der Waals surface area contributed by atoms with Gasteiger partial charge in [0.05, 0.1) is 22.4 Å². The van der Waals surface area contributed by atoms with Crippen LogP contribution in [0.4, 0.5) is 0 Å². The Morgan fingerprint density at radius 2 is 1.05 bits per heavy atom. The van der Waals surface area contributed by atoms with Gasteiger partial charge in [0, 0.05) is 31.3 Å². The topological polar surface area (TPSA) is 25.8 Å². The van der Waals surface area contributed by atoms with Crippen molar-refractivity contribution in [2.24, 2.45) is 0 Å². The zero-order chi connectivity index (χ0) is 26.9. The predicted octanol–water partition coefficient (Wildman–Crippen LogP) is 10.8. The normalized spacial score (nSPS) is 11.9. The SMILES string of the molecule is c1ccc(-c2nc3ccccc3nc2-c2ccc3c(ccc4ccc5cc6sc7ccccc7c6cc5c43)c2)cc1. The van der Waals surface area contributed by atoms with E-state index in [9.17, 15) is 0 Å². The van der Waals surface area contributed by atoms with E-state index in [1.54, 1.807) is 0 Å². The predicted molar refractivity (Wildman–Crippen MR) is 176 cm³/mol. The summed E-state index contributed by atoms with van der Waals surface area (Å²) in [5.41, 5.74) is 5.75. The van der Waals surface area contributed by atoms with Crippen LogP contribution in [0.15, 0.2) is 133 Å². The highest BCUT2D eigenvalue weighted by Gasteiger charge is 2.15. The Hall–Kier alpha value is -5.12. The molecule has 0 amide bonds. The van der Waals surface area contributed by atoms with Gasteiger partial charge < -0.3 is 0 Å². The summed E-state index contributed by atoms with van der Waals surface area (Å²) in [6.45, 7) is 0. The summed E-state index contributed by atoms with van der Waals surface area (Å²) >= 11 is 1.87. The fourth-order valence-electron chi connectivity index (χ4n) is 6.25. The quantitative estimate of drug-likeness (QED) is 0.205. The summed E-state index contributed by atoms with van der Waals surface area (Å²) in [4.78, 5) is 10.2. The van der Waals surface area contributed by atoms with Crippen LogP contribution in [0.25, 0.3) is 86.0 Å². The van der Waals surface area contributed by atoms with Crippen molar-refractivity contribution in [3.8, 4) is 22.5 Å². The monoisotopic (exact) mass is 538 g/mol. The molecule has 0 radical (unpaired) electrons. The van der Waals surface area contributed by atoms with Crippen LogP contribution in [0.2, 0.25) is 0 Å². The molecule has 9 aromatic rings. The number of hydrogen-bond acceptors (Lipinski definition) is 3. The van der Waals surface area contributed by atoms with Gasteiger partial charge in [0.2, 0.25) is 0 Å². The molecule has 0 aliphatic heterocycles. The average Bonchev–Trinajstić information content (AvgIpc) is 3.40. The van der Waals surface area contributed by atoms with Crippen molar-refractivity contribution >= 4 is 74.9 Å². The van der Waals surface area contributed by atoms with E-state index in [-0.39, 0.29) is 0 Å². The van der Waals surface area contributed by atoms with Gasteiger partial charge in [-0.3, -0.25) is 0 Å². The number of rotatable bonds is 2. The maximum absolute atomic E-state index is 5.14. The Morgan fingerprint density at radius 1 is 0.390 bits per heavy atom. The van der Waals surface area contributed by atoms with Crippen molar-refractivity contribution in [3.63, 3.8) is 0 Å². The third kappa shape index (κ3) is 3.49. The number of benzene rings is 7. The molecule has 0 atom stereocenters. The van der Waals surface area contributed by atoms with Crippen LogP contribution in [-0.2, 0) is 0 Å². The molecule has 0 N–H and O–H groups in total. The number of hydrogen-bond donors (Lipinski definition) is 0. The summed E-state index contributed by atoms with van der Waals surface area (Å²) in [6, 6.07) is 47.7. The molecule has 41 heavy (non-hydrogen) atoms. The molecule has 2 nitrogen and oxygen atoms in total. The molecule has 2 aromatic heterocycles. The van der Waals surface area contributed by atoms with Crippen LogP contribution in [0.3, 0.4) is 0 Å². The summed E-state index contributed by atoms with van der Waals surface area (Å²) in [5.74, 6) is 0. The summed E-state index contributed by atoms with van der Waals surface area (Å²) in [5, 5.41) is 10.3. The van der Waals surface area contributed by atoms with E-state index < -0.39 is 0 Å². The minimum absolute atomic E-state index is 0.902. The first-order valence-electron chi connectivity index (χ1n) is 13.8.